The summed E-state index contributed by atoms with van der Waals surface area (Å²) in [6, 6.07) is 1.68. The molecular formula is C12H23N5O2S. The van der Waals surface area contributed by atoms with Crippen LogP contribution in [0.1, 0.15) is 25.5 Å². The molecule has 1 heterocycles. The summed E-state index contributed by atoms with van der Waals surface area (Å²) < 4.78 is 27.8. The third-order valence-electron chi connectivity index (χ3n) is 2.74. The molecule has 0 fully saturated rings. The summed E-state index contributed by atoms with van der Waals surface area (Å²) in [6.45, 7) is 4.53. The second kappa shape index (κ2) is 8.96. The van der Waals surface area contributed by atoms with E-state index in [1.165, 1.54) is 10.6 Å². The molecule has 0 unspecified atom stereocenters. The van der Waals surface area contributed by atoms with Gasteiger partial charge in [-0.15, -0.1) is 0 Å². The second-order valence-corrected chi connectivity index (χ2v) is 6.31. The molecular weight excluding hydrogens is 278 g/mol. The van der Waals surface area contributed by atoms with Crippen molar-refractivity contribution in [1.29, 1.82) is 0 Å². The van der Waals surface area contributed by atoms with Crippen molar-refractivity contribution in [2.45, 2.75) is 26.3 Å². The van der Waals surface area contributed by atoms with Gasteiger partial charge in [-0.25, -0.2) is 9.97 Å². The van der Waals surface area contributed by atoms with Gasteiger partial charge >= 0.3 is 0 Å². The van der Waals surface area contributed by atoms with Crippen LogP contribution in [0.4, 0.5) is 0 Å². The molecule has 0 spiro atoms. The first-order chi connectivity index (χ1) is 9.56. The van der Waals surface area contributed by atoms with Gasteiger partial charge < -0.3 is 5.32 Å². The highest BCUT2D eigenvalue weighted by Crippen LogP contribution is 1.98. The van der Waals surface area contributed by atoms with Gasteiger partial charge in [-0.3, -0.25) is 0 Å². The predicted octanol–water partition coefficient (Wildman–Crippen LogP) is 0.133. The van der Waals surface area contributed by atoms with E-state index in [0.29, 0.717) is 12.2 Å². The molecule has 0 bridgehead atoms. The fourth-order valence-electron chi connectivity index (χ4n) is 1.55. The first-order valence-electron chi connectivity index (χ1n) is 6.73. The second-order valence-electron chi connectivity index (χ2n) is 4.45. The van der Waals surface area contributed by atoms with E-state index in [-0.39, 0.29) is 6.54 Å². The van der Waals surface area contributed by atoms with Crippen molar-refractivity contribution in [3.8, 4) is 0 Å². The van der Waals surface area contributed by atoms with Crippen molar-refractivity contribution < 1.29 is 8.42 Å². The van der Waals surface area contributed by atoms with Gasteiger partial charge in [0, 0.05) is 19.8 Å². The lowest BCUT2D eigenvalue weighted by molar-refractivity contribution is 0.444. The molecule has 1 rings (SSSR count). The van der Waals surface area contributed by atoms with E-state index in [0.717, 1.165) is 25.9 Å². The van der Waals surface area contributed by atoms with Gasteiger partial charge in [-0.1, -0.05) is 6.92 Å². The van der Waals surface area contributed by atoms with Gasteiger partial charge in [0.15, 0.2) is 0 Å². The molecule has 0 amide bonds. The van der Waals surface area contributed by atoms with Crippen LogP contribution in [0.2, 0.25) is 0 Å². The number of rotatable bonds is 10. The van der Waals surface area contributed by atoms with Crippen LogP contribution in [0, 0.1) is 0 Å². The van der Waals surface area contributed by atoms with Gasteiger partial charge in [0.1, 0.15) is 6.33 Å². The van der Waals surface area contributed by atoms with Crippen LogP contribution in [-0.4, -0.2) is 49.4 Å². The maximum absolute atomic E-state index is 12.0. The molecule has 114 valence electrons. The molecule has 0 aliphatic heterocycles. The average Bonchev–Trinajstić information content (AvgIpc) is 2.46. The van der Waals surface area contributed by atoms with E-state index in [2.05, 4.69) is 26.9 Å². The van der Waals surface area contributed by atoms with Crippen LogP contribution in [0.15, 0.2) is 18.6 Å². The molecule has 1 aromatic heterocycles. The quantitative estimate of drug-likeness (QED) is 0.600. The minimum Gasteiger partial charge on any atom is -0.317 e. The summed E-state index contributed by atoms with van der Waals surface area (Å²) >= 11 is 0. The topological polar surface area (TPSA) is 87.2 Å². The molecule has 0 saturated heterocycles. The lowest BCUT2D eigenvalue weighted by atomic mass is 10.4. The van der Waals surface area contributed by atoms with Gasteiger partial charge in [0.05, 0.1) is 12.2 Å². The van der Waals surface area contributed by atoms with E-state index in [1.54, 1.807) is 19.3 Å². The average molecular weight is 301 g/mol. The molecule has 7 nitrogen and oxygen atoms in total. The Labute approximate surface area is 121 Å². The number of nitrogens with one attached hydrogen (secondary N) is 2. The maximum Gasteiger partial charge on any atom is 0.279 e. The molecule has 0 atom stereocenters. The highest BCUT2D eigenvalue weighted by molar-refractivity contribution is 7.87. The number of nitrogens with zero attached hydrogens (tertiary/aromatic N) is 3. The Morgan fingerprint density at radius 2 is 2.15 bits per heavy atom. The third kappa shape index (κ3) is 6.38. The smallest absolute Gasteiger partial charge is 0.279 e. The SMILES string of the molecule is CCCNCCCN(C)S(=O)(=O)NCc1ccncn1. The first kappa shape index (κ1) is 17.0. The number of hydrogen-bond donors (Lipinski definition) is 2. The van der Waals surface area contributed by atoms with E-state index >= 15 is 0 Å². The molecule has 2 N–H and O–H groups in total. The number of hydrogen-bond acceptors (Lipinski definition) is 5. The van der Waals surface area contributed by atoms with Crippen LogP contribution in [0.25, 0.3) is 0 Å². The summed E-state index contributed by atoms with van der Waals surface area (Å²) in [4.78, 5) is 7.75. The Hall–Kier alpha value is -1.09. The van der Waals surface area contributed by atoms with Crippen molar-refractivity contribution in [3.63, 3.8) is 0 Å². The summed E-state index contributed by atoms with van der Waals surface area (Å²) in [5, 5.41) is 3.24. The molecule has 0 radical (unpaired) electrons. The summed E-state index contributed by atoms with van der Waals surface area (Å²) in [5.74, 6) is 0. The van der Waals surface area contributed by atoms with Crippen LogP contribution < -0.4 is 10.0 Å². The van der Waals surface area contributed by atoms with Gasteiger partial charge in [-0.05, 0) is 32.0 Å². The predicted molar refractivity (Wildman–Crippen MR) is 78.2 cm³/mol. The van der Waals surface area contributed by atoms with Crippen LogP contribution in [0.5, 0.6) is 0 Å². The Morgan fingerprint density at radius 1 is 1.35 bits per heavy atom. The van der Waals surface area contributed by atoms with Crippen molar-refractivity contribution in [3.05, 3.63) is 24.3 Å². The van der Waals surface area contributed by atoms with E-state index in [1.807, 2.05) is 0 Å². The van der Waals surface area contributed by atoms with E-state index in [4.69, 9.17) is 0 Å². The molecule has 1 aromatic rings. The standard InChI is InChI=1S/C12H23N5O2S/c1-3-6-13-7-4-9-17(2)20(18,19)16-10-12-5-8-14-11-15-12/h5,8,11,13,16H,3-4,6-7,9-10H2,1-2H3. The lowest BCUT2D eigenvalue weighted by Gasteiger charge is -2.17. The number of aromatic nitrogens is 2. The minimum atomic E-state index is -3.46. The van der Waals surface area contributed by atoms with E-state index < -0.39 is 10.2 Å². The van der Waals surface area contributed by atoms with Crippen LogP contribution >= 0.6 is 0 Å². The van der Waals surface area contributed by atoms with Gasteiger partial charge in [0.2, 0.25) is 0 Å². The molecule has 20 heavy (non-hydrogen) atoms. The van der Waals surface area contributed by atoms with Gasteiger partial charge in [-0.2, -0.15) is 17.4 Å². The van der Waals surface area contributed by atoms with Crippen molar-refractivity contribution >= 4 is 10.2 Å². The summed E-state index contributed by atoms with van der Waals surface area (Å²) in [7, 11) is -1.88. The Balaban J connectivity index is 2.32. The molecule has 0 aromatic carbocycles. The summed E-state index contributed by atoms with van der Waals surface area (Å²) in [6.07, 6.45) is 4.84. The normalized spacial score (nSPS) is 11.9. The molecule has 8 heteroatoms. The van der Waals surface area contributed by atoms with Crippen molar-refractivity contribution in [1.82, 2.24) is 24.3 Å². The third-order valence-corrected chi connectivity index (χ3v) is 4.25. The highest BCUT2D eigenvalue weighted by Gasteiger charge is 2.16. The summed E-state index contributed by atoms with van der Waals surface area (Å²) in [5.41, 5.74) is 0.640. The van der Waals surface area contributed by atoms with Gasteiger partial charge in [0.25, 0.3) is 10.2 Å². The Morgan fingerprint density at radius 3 is 2.80 bits per heavy atom. The van der Waals surface area contributed by atoms with Crippen molar-refractivity contribution in [2.75, 3.05) is 26.7 Å². The molecule has 0 saturated carbocycles. The monoisotopic (exact) mass is 301 g/mol. The minimum absolute atomic E-state index is 0.170. The zero-order valence-electron chi connectivity index (χ0n) is 12.0. The van der Waals surface area contributed by atoms with Crippen molar-refractivity contribution in [2.24, 2.45) is 0 Å². The van der Waals surface area contributed by atoms with E-state index in [9.17, 15) is 8.42 Å². The zero-order valence-corrected chi connectivity index (χ0v) is 12.9. The lowest BCUT2D eigenvalue weighted by Crippen LogP contribution is -2.39. The first-order valence-corrected chi connectivity index (χ1v) is 8.17. The van der Waals surface area contributed by atoms with Crippen LogP contribution in [0.3, 0.4) is 0 Å². The maximum atomic E-state index is 12.0. The fourth-order valence-corrected chi connectivity index (χ4v) is 2.47. The van der Waals surface area contributed by atoms with Crippen LogP contribution in [-0.2, 0) is 16.8 Å². The largest absolute Gasteiger partial charge is 0.317 e. The fraction of sp³-hybridized carbons (Fsp3) is 0.667. The Kier molecular flexibility index (Phi) is 7.60. The molecule has 0 aliphatic carbocycles. The molecule has 0 aliphatic rings. The highest BCUT2D eigenvalue weighted by atomic mass is 32.2. The Bertz CT molecular complexity index is 466. The zero-order chi connectivity index (χ0) is 14.8.